The van der Waals surface area contributed by atoms with Crippen molar-refractivity contribution < 1.29 is 8.42 Å². The smallest absolute Gasteiger partial charge is 0.211 e. The van der Waals surface area contributed by atoms with E-state index in [4.69, 9.17) is 0 Å². The Morgan fingerprint density at radius 3 is 2.71 bits per heavy atom. The molecular weight excluding hydrogens is 324 g/mol. The highest BCUT2D eigenvalue weighted by Crippen LogP contribution is 2.26. The molecule has 1 aliphatic heterocycles. The van der Waals surface area contributed by atoms with E-state index in [0.717, 1.165) is 31.9 Å². The summed E-state index contributed by atoms with van der Waals surface area (Å²) in [6.07, 6.45) is 1.86. The molecule has 2 rings (SSSR count). The lowest BCUT2D eigenvalue weighted by molar-refractivity contribution is 0.484. The normalized spacial score (nSPS) is 18.8. The molecule has 0 amide bonds. The number of nitrogens with one attached hydrogen (secondary N) is 2. The molecule has 2 N–H and O–H groups in total. The van der Waals surface area contributed by atoms with Crippen LogP contribution in [0.2, 0.25) is 0 Å². The molecule has 1 aromatic carbocycles. The van der Waals surface area contributed by atoms with Crippen LogP contribution in [0.3, 0.4) is 0 Å². The Kier molecular flexibility index (Phi) is 7.05. The lowest BCUT2D eigenvalue weighted by Crippen LogP contribution is -2.41. The van der Waals surface area contributed by atoms with Crippen molar-refractivity contribution in [1.29, 1.82) is 0 Å². The van der Waals surface area contributed by atoms with Crippen LogP contribution >= 0.6 is 0 Å². The van der Waals surface area contributed by atoms with Crippen molar-refractivity contribution in [3.8, 4) is 0 Å². The second-order valence-electron chi connectivity index (χ2n) is 5.97. The number of hydrogen-bond acceptors (Lipinski definition) is 3. The lowest BCUT2D eigenvalue weighted by atomic mass is 9.99. The van der Waals surface area contributed by atoms with Crippen molar-refractivity contribution in [2.75, 3.05) is 39.0 Å². The van der Waals surface area contributed by atoms with E-state index in [9.17, 15) is 8.42 Å². The first-order valence-corrected chi connectivity index (χ1v) is 10.2. The molecule has 1 aromatic rings. The molecule has 0 saturated carbocycles. The average molecular weight is 353 g/mol. The third kappa shape index (κ3) is 5.49. The van der Waals surface area contributed by atoms with Gasteiger partial charge in [-0.05, 0) is 25.3 Å². The fourth-order valence-electron chi connectivity index (χ4n) is 2.90. The Hall–Kier alpha value is -1.60. The van der Waals surface area contributed by atoms with Crippen LogP contribution in [0.4, 0.5) is 0 Å². The minimum absolute atomic E-state index is 0.122. The van der Waals surface area contributed by atoms with Crippen LogP contribution in [0, 0.1) is 0 Å². The van der Waals surface area contributed by atoms with Crippen molar-refractivity contribution in [2.24, 2.45) is 4.99 Å². The van der Waals surface area contributed by atoms with Gasteiger partial charge in [0.15, 0.2) is 5.96 Å². The zero-order valence-corrected chi connectivity index (χ0v) is 15.3. The Bertz CT molecular complexity index is 631. The van der Waals surface area contributed by atoms with E-state index in [1.54, 1.807) is 14.0 Å². The maximum atomic E-state index is 11.4. The Morgan fingerprint density at radius 1 is 1.29 bits per heavy atom. The molecule has 0 aromatic heterocycles. The molecule has 6 nitrogen and oxygen atoms in total. The van der Waals surface area contributed by atoms with Crippen molar-refractivity contribution in [1.82, 2.24) is 14.9 Å². The van der Waals surface area contributed by atoms with Gasteiger partial charge in [0, 0.05) is 39.1 Å². The monoisotopic (exact) mass is 352 g/mol. The van der Waals surface area contributed by atoms with Crippen LogP contribution in [0.5, 0.6) is 0 Å². The van der Waals surface area contributed by atoms with Crippen molar-refractivity contribution in [3.05, 3.63) is 35.9 Å². The summed E-state index contributed by atoms with van der Waals surface area (Å²) in [6.45, 7) is 4.74. The molecule has 0 bridgehead atoms. The van der Waals surface area contributed by atoms with Crippen LogP contribution in [0.25, 0.3) is 0 Å². The van der Waals surface area contributed by atoms with Gasteiger partial charge in [-0.25, -0.2) is 13.1 Å². The first-order valence-electron chi connectivity index (χ1n) is 8.53. The summed E-state index contributed by atoms with van der Waals surface area (Å²) in [4.78, 5) is 6.63. The van der Waals surface area contributed by atoms with Crippen molar-refractivity contribution in [3.63, 3.8) is 0 Å². The van der Waals surface area contributed by atoms with Crippen LogP contribution in [0.1, 0.15) is 31.2 Å². The highest BCUT2D eigenvalue weighted by Gasteiger charge is 2.25. The minimum Gasteiger partial charge on any atom is -0.356 e. The third-order valence-electron chi connectivity index (χ3n) is 4.31. The largest absolute Gasteiger partial charge is 0.356 e. The maximum Gasteiger partial charge on any atom is 0.211 e. The Labute approximate surface area is 145 Å². The van der Waals surface area contributed by atoms with Gasteiger partial charge >= 0.3 is 0 Å². The number of benzene rings is 1. The Morgan fingerprint density at radius 2 is 2.04 bits per heavy atom. The van der Waals surface area contributed by atoms with Gasteiger partial charge in [-0.15, -0.1) is 0 Å². The molecule has 134 valence electrons. The van der Waals surface area contributed by atoms with E-state index in [-0.39, 0.29) is 5.75 Å². The summed E-state index contributed by atoms with van der Waals surface area (Å²) in [7, 11) is -1.31. The van der Waals surface area contributed by atoms with Crippen molar-refractivity contribution >= 4 is 16.0 Å². The zero-order chi connectivity index (χ0) is 17.4. The molecule has 0 radical (unpaired) electrons. The molecule has 1 aliphatic rings. The first-order chi connectivity index (χ1) is 11.6. The second-order valence-corrected chi connectivity index (χ2v) is 8.06. The summed E-state index contributed by atoms with van der Waals surface area (Å²) < 4.78 is 25.3. The van der Waals surface area contributed by atoms with Crippen LogP contribution in [-0.2, 0) is 10.0 Å². The third-order valence-corrected chi connectivity index (χ3v) is 5.71. The standard InChI is InChI=1S/C17H28N4O2S/c1-3-24(22,23)20-12-7-11-19-17(18-2)21-13-10-16(14-21)15-8-5-4-6-9-15/h4-6,8-9,16,20H,3,7,10-14H2,1-2H3,(H,18,19). The van der Waals surface area contributed by atoms with E-state index >= 15 is 0 Å². The van der Waals surface area contributed by atoms with Gasteiger partial charge in [-0.2, -0.15) is 0 Å². The quantitative estimate of drug-likeness (QED) is 0.442. The molecule has 1 fully saturated rings. The van der Waals surface area contributed by atoms with Gasteiger partial charge in [0.1, 0.15) is 0 Å². The molecule has 24 heavy (non-hydrogen) atoms. The highest BCUT2D eigenvalue weighted by atomic mass is 32.2. The summed E-state index contributed by atoms with van der Waals surface area (Å²) >= 11 is 0. The summed E-state index contributed by atoms with van der Waals surface area (Å²) in [6, 6.07) is 10.6. The van der Waals surface area contributed by atoms with Crippen molar-refractivity contribution in [2.45, 2.75) is 25.7 Å². The summed E-state index contributed by atoms with van der Waals surface area (Å²) in [5, 5.41) is 3.33. The minimum atomic E-state index is -3.10. The van der Waals surface area contributed by atoms with Gasteiger partial charge in [0.05, 0.1) is 5.75 Å². The van der Waals surface area contributed by atoms with E-state index in [0.29, 0.717) is 19.0 Å². The van der Waals surface area contributed by atoms with Crippen LogP contribution < -0.4 is 10.0 Å². The Balaban J connectivity index is 1.75. The number of likely N-dealkylation sites (tertiary alicyclic amines) is 1. The first kappa shape index (κ1) is 18.7. The average Bonchev–Trinajstić information content (AvgIpc) is 3.09. The SMILES string of the molecule is CCS(=O)(=O)NCCCNC(=NC)N1CCC(c2ccccc2)C1. The molecule has 1 heterocycles. The number of guanidine groups is 1. The molecular formula is C17H28N4O2S. The number of nitrogens with zero attached hydrogens (tertiary/aromatic N) is 2. The summed E-state index contributed by atoms with van der Waals surface area (Å²) in [5.41, 5.74) is 1.38. The van der Waals surface area contributed by atoms with Gasteiger partial charge in [0.2, 0.25) is 10.0 Å². The van der Waals surface area contributed by atoms with E-state index in [2.05, 4.69) is 44.2 Å². The van der Waals surface area contributed by atoms with Crippen LogP contribution in [0.15, 0.2) is 35.3 Å². The van der Waals surface area contributed by atoms with Crippen LogP contribution in [-0.4, -0.2) is 58.3 Å². The molecule has 1 unspecified atom stereocenters. The fraction of sp³-hybridized carbons (Fsp3) is 0.588. The number of rotatable bonds is 7. The zero-order valence-electron chi connectivity index (χ0n) is 14.5. The highest BCUT2D eigenvalue weighted by molar-refractivity contribution is 7.89. The molecule has 1 atom stereocenters. The van der Waals surface area contributed by atoms with E-state index < -0.39 is 10.0 Å². The van der Waals surface area contributed by atoms with E-state index in [1.165, 1.54) is 5.56 Å². The number of hydrogen-bond donors (Lipinski definition) is 2. The molecule has 0 spiro atoms. The predicted octanol–water partition coefficient (Wildman–Crippen LogP) is 1.38. The van der Waals surface area contributed by atoms with E-state index in [1.807, 2.05) is 6.07 Å². The molecule has 0 aliphatic carbocycles. The van der Waals surface area contributed by atoms with Gasteiger partial charge in [0.25, 0.3) is 0 Å². The van der Waals surface area contributed by atoms with Gasteiger partial charge in [-0.3, -0.25) is 4.99 Å². The predicted molar refractivity (Wildman–Crippen MR) is 98.8 cm³/mol. The number of sulfonamides is 1. The van der Waals surface area contributed by atoms with Gasteiger partial charge < -0.3 is 10.2 Å². The second kappa shape index (κ2) is 9.03. The topological polar surface area (TPSA) is 73.8 Å². The summed E-state index contributed by atoms with van der Waals surface area (Å²) in [5.74, 6) is 1.56. The molecule has 7 heteroatoms. The maximum absolute atomic E-state index is 11.4. The molecule has 1 saturated heterocycles. The number of aliphatic imine (C=N–C) groups is 1. The lowest BCUT2D eigenvalue weighted by Gasteiger charge is -2.22. The van der Waals surface area contributed by atoms with Gasteiger partial charge in [-0.1, -0.05) is 30.3 Å². The fourth-order valence-corrected chi connectivity index (χ4v) is 3.56.